The van der Waals surface area contributed by atoms with Gasteiger partial charge in [-0.15, -0.1) is 0 Å². The van der Waals surface area contributed by atoms with Gasteiger partial charge in [0.1, 0.15) is 53.7 Å². The first-order chi connectivity index (χ1) is 58.8. The lowest BCUT2D eigenvalue weighted by Crippen LogP contribution is -2.64. The molecule has 123 heavy (non-hydrogen) atoms. The van der Waals surface area contributed by atoms with Crippen LogP contribution in [0.2, 0.25) is 0 Å². The number of hydrogen-bond donors (Lipinski definition) is 18. The van der Waals surface area contributed by atoms with Crippen LogP contribution in [-0.4, -0.2) is 308 Å². The maximum absolute atomic E-state index is 14.1. The van der Waals surface area contributed by atoms with Crippen molar-refractivity contribution in [2.45, 2.75) is 358 Å². The van der Waals surface area contributed by atoms with E-state index in [1.165, 1.54) is 46.5 Å². The molecule has 36 heteroatoms. The summed E-state index contributed by atoms with van der Waals surface area (Å²) in [6.45, 7) is 10.2. The summed E-state index contributed by atoms with van der Waals surface area (Å²) >= 11 is 0. The smallest absolute Gasteiger partial charge is 0.222 e. The summed E-state index contributed by atoms with van der Waals surface area (Å²) in [7, 11) is 0. The summed E-state index contributed by atoms with van der Waals surface area (Å²) in [6.07, 6.45) is 9.57. The van der Waals surface area contributed by atoms with E-state index < -0.39 is 121 Å². The Bertz CT molecular complexity index is 2750. The Morgan fingerprint density at radius 3 is 1.03 bits per heavy atom. The third-order valence-electron chi connectivity index (χ3n) is 22.3. The summed E-state index contributed by atoms with van der Waals surface area (Å²) in [6, 6.07) is -2.82. The molecular formula is C87H157N9O27. The Labute approximate surface area is 728 Å². The Balaban J connectivity index is 1.59. The number of unbranched alkanes of at least 4 members (excludes halogenated alkanes) is 15. The highest BCUT2D eigenvalue weighted by atomic mass is 16.7. The van der Waals surface area contributed by atoms with Gasteiger partial charge in [-0.2, -0.15) is 0 Å². The molecule has 0 radical (unpaired) electrons. The van der Waals surface area contributed by atoms with E-state index in [2.05, 4.69) is 68.6 Å². The molecule has 2 aliphatic carbocycles. The van der Waals surface area contributed by atoms with Gasteiger partial charge in [0.2, 0.25) is 53.2 Å². The molecule has 0 spiro atoms. The van der Waals surface area contributed by atoms with Crippen LogP contribution < -0.4 is 47.9 Å². The molecule has 15 atom stereocenters. The highest BCUT2D eigenvalue weighted by Gasteiger charge is 2.47. The summed E-state index contributed by atoms with van der Waals surface area (Å²) in [5.41, 5.74) is -1.04. The average Bonchev–Trinajstić information content (AvgIpc) is 0.819. The molecule has 2 saturated carbocycles. The molecule has 0 bridgehead atoms. The van der Waals surface area contributed by atoms with Crippen molar-refractivity contribution in [2.24, 2.45) is 17.3 Å². The first-order valence-electron chi connectivity index (χ1n) is 45.5. The number of aliphatic hydroxyl groups is 9. The molecule has 3 fully saturated rings. The quantitative estimate of drug-likeness (QED) is 0.0388. The number of hydrogen-bond acceptors (Lipinski definition) is 27. The number of amides is 9. The zero-order valence-electron chi connectivity index (χ0n) is 74.5. The number of rotatable bonds is 71. The van der Waals surface area contributed by atoms with E-state index in [1.54, 1.807) is 0 Å². The van der Waals surface area contributed by atoms with Gasteiger partial charge >= 0.3 is 0 Å². The highest BCUT2D eigenvalue weighted by Crippen LogP contribution is 2.31. The molecule has 3 aliphatic rings. The number of Topliss-reactive ketones (excluding diaryl/α,β-unsaturated/α-hetero) is 2. The fourth-order valence-corrected chi connectivity index (χ4v) is 15.1. The van der Waals surface area contributed by atoms with E-state index >= 15 is 0 Å². The van der Waals surface area contributed by atoms with E-state index in [0.29, 0.717) is 94.7 Å². The fourth-order valence-electron chi connectivity index (χ4n) is 15.1. The Morgan fingerprint density at radius 2 is 0.650 bits per heavy atom. The van der Waals surface area contributed by atoms with Crippen molar-refractivity contribution in [1.82, 2.24) is 47.9 Å². The molecular weight excluding hydrogens is 1600 g/mol. The van der Waals surface area contributed by atoms with Gasteiger partial charge in [-0.3, -0.25) is 52.7 Å². The minimum absolute atomic E-state index is 0.00833. The van der Waals surface area contributed by atoms with Crippen LogP contribution in [0.25, 0.3) is 0 Å². The van der Waals surface area contributed by atoms with Crippen molar-refractivity contribution >= 4 is 64.7 Å². The van der Waals surface area contributed by atoms with Gasteiger partial charge in [0.05, 0.1) is 82.7 Å². The monoisotopic (exact) mass is 1760 g/mol. The van der Waals surface area contributed by atoms with Gasteiger partial charge in [0, 0.05) is 163 Å². The second kappa shape index (κ2) is 65.5. The highest BCUT2D eigenvalue weighted by molar-refractivity contribution is 5.80. The Hall–Kier alpha value is -6.07. The molecule has 0 aromatic heterocycles. The normalized spacial score (nSPS) is 23.2. The van der Waals surface area contributed by atoms with Crippen LogP contribution in [-0.2, 0) is 85.9 Å². The van der Waals surface area contributed by atoms with Crippen LogP contribution in [0, 0.1) is 17.3 Å². The van der Waals surface area contributed by atoms with Crippen LogP contribution in [0.3, 0.4) is 0 Å². The summed E-state index contributed by atoms with van der Waals surface area (Å²) in [5.74, 6) is -3.99. The van der Waals surface area contributed by atoms with E-state index in [4.69, 9.17) is 33.2 Å². The fraction of sp³-hybridized carbons (Fsp3) is 0.874. The Morgan fingerprint density at radius 1 is 0.333 bits per heavy atom. The first-order valence-corrected chi connectivity index (χ1v) is 45.5. The standard InChI is InChI=1S/C87H157N9O27/c1-60(100)93-76-67(52-63(54-97)79(111)82(76)114)120-46-26-21-34-70(105)89-42-28-44-91-73(108)38-50-118-58-87(96-75(110)36-18-14-10-8-7-9-12-16-30-65(103)31-17-13-11-15-23-40-86(4,5)6,57-117-49-37-72(107)88-41-24-19-32-66(104)33-20-25-48-122-85-78(95-62(3)102)84(116)81(113)69(56-99)123-85)59-119-51-39-74(109)92-45-29-43-90-71(106)35-22-27-47-121-68-53-64(55-98)80(112)83(115)77(68)94-61(2)101/h63-64,67-69,76-85,97-99,111-116H,7-59H2,1-6H3,(H,88,107)(H,89,105)(H,90,106)(H,91,108)(H,92,109)(H,93,100)(H,94,101)(H,95,102)(H,96,110)/t63?,64?,67-,68-,69?,76?,77?,78?,79+,80+,81+,82-,83-,84-,85-,87?/m1/s1. The van der Waals surface area contributed by atoms with Crippen LogP contribution in [0.1, 0.15) is 273 Å². The lowest BCUT2D eigenvalue weighted by Gasteiger charge is -2.42. The molecule has 1 saturated heterocycles. The summed E-state index contributed by atoms with van der Waals surface area (Å²) < 4.78 is 41.7. The Kier molecular flexibility index (Phi) is 59.1. The first kappa shape index (κ1) is 111. The molecule has 36 nitrogen and oxygen atoms in total. The van der Waals surface area contributed by atoms with Crippen LogP contribution >= 0.6 is 0 Å². The van der Waals surface area contributed by atoms with Crippen molar-refractivity contribution in [1.29, 1.82) is 0 Å². The number of carbonyl (C=O) groups excluding carboxylic acids is 11. The predicted molar refractivity (Wildman–Crippen MR) is 455 cm³/mol. The summed E-state index contributed by atoms with van der Waals surface area (Å²) in [5, 5.41) is 117. The van der Waals surface area contributed by atoms with Crippen molar-refractivity contribution < 1.29 is 132 Å². The maximum Gasteiger partial charge on any atom is 0.222 e. The van der Waals surface area contributed by atoms with Gasteiger partial charge < -0.3 is 127 Å². The van der Waals surface area contributed by atoms with Crippen molar-refractivity contribution in [2.75, 3.05) is 112 Å². The van der Waals surface area contributed by atoms with Gasteiger partial charge in [0.15, 0.2) is 6.29 Å². The van der Waals surface area contributed by atoms with Crippen molar-refractivity contribution in [3.05, 3.63) is 0 Å². The van der Waals surface area contributed by atoms with Gasteiger partial charge in [-0.25, -0.2) is 0 Å². The second-order valence-corrected chi connectivity index (χ2v) is 34.6. The molecule has 6 unspecified atom stereocenters. The number of aliphatic hydroxyl groups excluding tert-OH is 9. The molecule has 0 aromatic rings. The van der Waals surface area contributed by atoms with E-state index in [1.807, 2.05) is 0 Å². The molecule has 0 aromatic carbocycles. The lowest BCUT2D eigenvalue weighted by molar-refractivity contribution is -0.270. The number of carbonyl (C=O) groups is 11. The molecule has 1 heterocycles. The largest absolute Gasteiger partial charge is 0.396 e. The molecule has 3 rings (SSSR count). The van der Waals surface area contributed by atoms with E-state index in [0.717, 1.165) is 57.8 Å². The van der Waals surface area contributed by atoms with E-state index in [9.17, 15) is 98.7 Å². The zero-order valence-corrected chi connectivity index (χ0v) is 74.5. The third kappa shape index (κ3) is 50.3. The van der Waals surface area contributed by atoms with Crippen LogP contribution in [0.5, 0.6) is 0 Å². The van der Waals surface area contributed by atoms with Gasteiger partial charge in [-0.05, 0) is 108 Å². The minimum atomic E-state index is -1.45. The lowest BCUT2D eigenvalue weighted by atomic mass is 9.79. The zero-order chi connectivity index (χ0) is 90.8. The maximum atomic E-state index is 14.1. The third-order valence-corrected chi connectivity index (χ3v) is 22.3. The second-order valence-electron chi connectivity index (χ2n) is 34.6. The average molecular weight is 1760 g/mol. The molecule has 1 aliphatic heterocycles. The SMILES string of the molecule is CC(=O)NC1[C@H](OCCCCC(=O)CCCCNC(=O)CCOCC(COCCC(=O)NCCCNC(=O)CCCCO[C@@H]2CC(CO)[C@H](O)[C@H](O)C2NC(C)=O)(COCCC(=O)NCCCNC(=O)CCCCO[C@@H]2CC(CO)[C@H](O)[C@H](O)C2NC(C)=O)NC(=O)CCCCCCCCCCC(=O)CCCCCCCC(C)(C)C)OC(CO)[C@H](O)[C@@H]1O. The van der Waals surface area contributed by atoms with Crippen LogP contribution in [0.15, 0.2) is 0 Å². The molecule has 712 valence electrons. The number of ether oxygens (including phenoxy) is 7. The minimum Gasteiger partial charge on any atom is -0.396 e. The van der Waals surface area contributed by atoms with Gasteiger partial charge in [0.25, 0.3) is 0 Å². The molecule has 18 N–H and O–H groups in total. The number of ketones is 2. The van der Waals surface area contributed by atoms with Crippen LogP contribution in [0.4, 0.5) is 0 Å². The topological polar surface area (TPSA) is 543 Å². The van der Waals surface area contributed by atoms with Gasteiger partial charge in [-0.1, -0.05) is 85.0 Å². The predicted octanol–water partition coefficient (Wildman–Crippen LogP) is 2.13. The van der Waals surface area contributed by atoms with Crippen molar-refractivity contribution in [3.8, 4) is 0 Å². The summed E-state index contributed by atoms with van der Waals surface area (Å²) in [4.78, 5) is 140. The molecule has 9 amide bonds. The van der Waals surface area contributed by atoms with E-state index in [-0.39, 0.29) is 211 Å². The van der Waals surface area contributed by atoms with Crippen molar-refractivity contribution in [3.63, 3.8) is 0 Å². The number of nitrogens with one attached hydrogen (secondary N) is 9.